The van der Waals surface area contributed by atoms with Crippen LogP contribution in [0.25, 0.3) is 0 Å². The van der Waals surface area contributed by atoms with Crippen LogP contribution in [0.1, 0.15) is 29.4 Å². The van der Waals surface area contributed by atoms with E-state index in [-0.39, 0.29) is 5.91 Å². The number of nitrogens with zero attached hydrogens (tertiary/aromatic N) is 2. The number of benzene rings is 1. The van der Waals surface area contributed by atoms with Crippen molar-refractivity contribution in [3.63, 3.8) is 0 Å². The van der Waals surface area contributed by atoms with Crippen LogP contribution in [-0.2, 0) is 11.2 Å². The molecule has 1 aliphatic heterocycles. The molecule has 1 atom stereocenters. The Morgan fingerprint density at radius 1 is 1.24 bits per heavy atom. The molecule has 130 valence electrons. The SMILES string of the molecule is CC1Cc2ccccc2N1c1cccc(C(=O)NCCCNC=O)n1. The number of carbonyl (C=O) groups is 2. The quantitative estimate of drug-likeness (QED) is 0.598. The second-order valence-corrected chi connectivity index (χ2v) is 6.11. The van der Waals surface area contributed by atoms with Crippen molar-refractivity contribution >= 4 is 23.8 Å². The zero-order valence-electron chi connectivity index (χ0n) is 14.2. The highest BCUT2D eigenvalue weighted by Gasteiger charge is 2.27. The van der Waals surface area contributed by atoms with Crippen molar-refractivity contribution < 1.29 is 9.59 Å². The van der Waals surface area contributed by atoms with Gasteiger partial charge in [0, 0.05) is 24.8 Å². The van der Waals surface area contributed by atoms with Crippen molar-refractivity contribution in [3.05, 3.63) is 53.7 Å². The van der Waals surface area contributed by atoms with Crippen LogP contribution in [0.3, 0.4) is 0 Å². The van der Waals surface area contributed by atoms with E-state index in [9.17, 15) is 9.59 Å². The van der Waals surface area contributed by atoms with Gasteiger partial charge in [-0.25, -0.2) is 4.98 Å². The number of pyridine rings is 1. The average molecular weight is 338 g/mol. The Morgan fingerprint density at radius 3 is 2.92 bits per heavy atom. The first-order valence-electron chi connectivity index (χ1n) is 8.50. The number of carbonyl (C=O) groups excluding carboxylic acids is 2. The zero-order valence-corrected chi connectivity index (χ0v) is 14.2. The molecule has 0 saturated carbocycles. The summed E-state index contributed by atoms with van der Waals surface area (Å²) < 4.78 is 0. The van der Waals surface area contributed by atoms with E-state index in [4.69, 9.17) is 0 Å². The van der Waals surface area contributed by atoms with E-state index in [0.717, 1.165) is 17.9 Å². The Balaban J connectivity index is 1.71. The Hall–Kier alpha value is -2.89. The summed E-state index contributed by atoms with van der Waals surface area (Å²) in [6.45, 7) is 3.20. The average Bonchev–Trinajstić information content (AvgIpc) is 2.97. The minimum Gasteiger partial charge on any atom is -0.359 e. The Kier molecular flexibility index (Phi) is 5.28. The van der Waals surface area contributed by atoms with E-state index >= 15 is 0 Å². The van der Waals surface area contributed by atoms with Gasteiger partial charge in [-0.2, -0.15) is 0 Å². The molecule has 6 heteroatoms. The minimum absolute atomic E-state index is 0.201. The van der Waals surface area contributed by atoms with Crippen LogP contribution >= 0.6 is 0 Å². The van der Waals surface area contributed by atoms with E-state index < -0.39 is 0 Å². The van der Waals surface area contributed by atoms with E-state index in [0.29, 0.717) is 37.7 Å². The molecule has 2 amide bonds. The lowest BCUT2D eigenvalue weighted by molar-refractivity contribution is -0.109. The van der Waals surface area contributed by atoms with Gasteiger partial charge in [0.2, 0.25) is 6.41 Å². The standard InChI is InChI=1S/C19H22N4O2/c1-14-12-15-6-2-3-8-17(15)23(14)18-9-4-7-16(22-18)19(25)21-11-5-10-20-13-24/h2-4,6-9,13-14H,5,10-12H2,1H3,(H,20,24)(H,21,25). The van der Waals surface area contributed by atoms with E-state index in [1.165, 1.54) is 5.56 Å². The molecule has 0 fully saturated rings. The van der Waals surface area contributed by atoms with Crippen LogP contribution in [0.15, 0.2) is 42.5 Å². The maximum Gasteiger partial charge on any atom is 0.269 e. The molecule has 1 unspecified atom stereocenters. The highest BCUT2D eigenvalue weighted by atomic mass is 16.2. The van der Waals surface area contributed by atoms with Gasteiger partial charge in [-0.3, -0.25) is 9.59 Å². The normalized spacial score (nSPS) is 15.6. The van der Waals surface area contributed by atoms with E-state index in [1.54, 1.807) is 6.07 Å². The second kappa shape index (κ2) is 7.79. The van der Waals surface area contributed by atoms with Crippen LogP contribution in [-0.4, -0.2) is 36.4 Å². The highest BCUT2D eigenvalue weighted by Crippen LogP contribution is 2.36. The molecule has 1 aromatic heterocycles. The van der Waals surface area contributed by atoms with Gasteiger partial charge in [0.05, 0.1) is 0 Å². The fourth-order valence-electron chi connectivity index (χ4n) is 3.14. The number of aromatic nitrogens is 1. The monoisotopic (exact) mass is 338 g/mol. The van der Waals surface area contributed by atoms with Crippen LogP contribution in [0.4, 0.5) is 11.5 Å². The molecule has 2 N–H and O–H groups in total. The second-order valence-electron chi connectivity index (χ2n) is 6.11. The lowest BCUT2D eigenvalue weighted by atomic mass is 10.1. The van der Waals surface area contributed by atoms with Crippen molar-refractivity contribution in [2.45, 2.75) is 25.8 Å². The van der Waals surface area contributed by atoms with Crippen molar-refractivity contribution in [1.29, 1.82) is 0 Å². The number of amides is 2. The summed E-state index contributed by atoms with van der Waals surface area (Å²) in [5, 5.41) is 5.40. The Labute approximate surface area is 147 Å². The maximum atomic E-state index is 12.3. The summed E-state index contributed by atoms with van der Waals surface area (Å²) in [5.74, 6) is 0.584. The van der Waals surface area contributed by atoms with Gasteiger partial charge in [0.25, 0.3) is 5.91 Å². The third-order valence-corrected chi connectivity index (χ3v) is 4.29. The molecule has 1 aromatic carbocycles. The van der Waals surface area contributed by atoms with Gasteiger partial charge in [0.15, 0.2) is 0 Å². The summed E-state index contributed by atoms with van der Waals surface area (Å²) in [6.07, 6.45) is 2.31. The predicted octanol–water partition coefficient (Wildman–Crippen LogP) is 2.03. The van der Waals surface area contributed by atoms with Crippen LogP contribution < -0.4 is 15.5 Å². The minimum atomic E-state index is -0.201. The van der Waals surface area contributed by atoms with Gasteiger partial charge in [-0.15, -0.1) is 0 Å². The molecule has 0 spiro atoms. The number of nitrogens with one attached hydrogen (secondary N) is 2. The number of fused-ring (bicyclic) bond motifs is 1. The lowest BCUT2D eigenvalue weighted by Gasteiger charge is -2.24. The molecule has 2 heterocycles. The molecule has 0 aliphatic carbocycles. The van der Waals surface area contributed by atoms with Crippen molar-refractivity contribution in [2.75, 3.05) is 18.0 Å². The first-order valence-corrected chi connectivity index (χ1v) is 8.50. The van der Waals surface area contributed by atoms with Gasteiger partial charge in [0.1, 0.15) is 11.5 Å². The Bertz CT molecular complexity index is 763. The number of anilines is 2. The smallest absolute Gasteiger partial charge is 0.269 e. The fourth-order valence-corrected chi connectivity index (χ4v) is 3.14. The number of hydrogen-bond acceptors (Lipinski definition) is 4. The predicted molar refractivity (Wildman–Crippen MR) is 97.0 cm³/mol. The first-order chi connectivity index (χ1) is 12.2. The highest BCUT2D eigenvalue weighted by molar-refractivity contribution is 5.92. The van der Waals surface area contributed by atoms with Crippen molar-refractivity contribution in [3.8, 4) is 0 Å². The Morgan fingerprint density at radius 2 is 2.08 bits per heavy atom. The molecule has 1 aliphatic rings. The fraction of sp³-hybridized carbons (Fsp3) is 0.316. The molecule has 6 nitrogen and oxygen atoms in total. The van der Waals surface area contributed by atoms with Crippen LogP contribution in [0.5, 0.6) is 0 Å². The molecular weight excluding hydrogens is 316 g/mol. The zero-order chi connectivity index (χ0) is 17.6. The van der Waals surface area contributed by atoms with Gasteiger partial charge in [-0.05, 0) is 43.5 Å². The maximum absolute atomic E-state index is 12.3. The molecule has 3 rings (SSSR count). The lowest BCUT2D eigenvalue weighted by Crippen LogP contribution is -2.29. The summed E-state index contributed by atoms with van der Waals surface area (Å²) in [6, 6.07) is 14.1. The third kappa shape index (κ3) is 3.79. The largest absolute Gasteiger partial charge is 0.359 e. The number of para-hydroxylation sites is 1. The molecule has 25 heavy (non-hydrogen) atoms. The molecule has 0 radical (unpaired) electrons. The van der Waals surface area contributed by atoms with Crippen LogP contribution in [0.2, 0.25) is 0 Å². The van der Waals surface area contributed by atoms with E-state index in [2.05, 4.69) is 39.6 Å². The number of hydrogen-bond donors (Lipinski definition) is 2. The van der Waals surface area contributed by atoms with Crippen molar-refractivity contribution in [1.82, 2.24) is 15.6 Å². The molecule has 0 saturated heterocycles. The van der Waals surface area contributed by atoms with E-state index in [1.807, 2.05) is 24.3 Å². The topological polar surface area (TPSA) is 74.3 Å². The van der Waals surface area contributed by atoms with Gasteiger partial charge in [-0.1, -0.05) is 24.3 Å². The third-order valence-electron chi connectivity index (χ3n) is 4.29. The van der Waals surface area contributed by atoms with Gasteiger partial charge < -0.3 is 15.5 Å². The summed E-state index contributed by atoms with van der Waals surface area (Å²) in [7, 11) is 0. The molecular formula is C19H22N4O2. The summed E-state index contributed by atoms with van der Waals surface area (Å²) in [4.78, 5) is 29.2. The van der Waals surface area contributed by atoms with Crippen LogP contribution in [0, 0.1) is 0 Å². The first kappa shape index (κ1) is 17.0. The number of rotatable bonds is 7. The summed E-state index contributed by atoms with van der Waals surface area (Å²) in [5.41, 5.74) is 2.85. The molecule has 0 bridgehead atoms. The van der Waals surface area contributed by atoms with Crippen molar-refractivity contribution in [2.24, 2.45) is 0 Å². The van der Waals surface area contributed by atoms with Gasteiger partial charge >= 0.3 is 0 Å². The molecule has 2 aromatic rings. The summed E-state index contributed by atoms with van der Waals surface area (Å²) >= 11 is 0.